The summed E-state index contributed by atoms with van der Waals surface area (Å²) in [5, 5.41) is 4.28. The first-order chi connectivity index (χ1) is 12.0. The number of carbonyl (C=O) groups is 2. The van der Waals surface area contributed by atoms with Gasteiger partial charge in [0.2, 0.25) is 5.91 Å². The minimum Gasteiger partial charge on any atom is -0.339 e. The molecule has 1 atom stereocenters. The molecular formula is C19H28N4O2. The second kappa shape index (κ2) is 6.15. The first-order valence-electron chi connectivity index (χ1n) is 9.61. The van der Waals surface area contributed by atoms with Gasteiger partial charge in [-0.2, -0.15) is 5.10 Å². The van der Waals surface area contributed by atoms with E-state index in [0.717, 1.165) is 44.3 Å². The van der Waals surface area contributed by atoms with Crippen molar-refractivity contribution in [2.45, 2.75) is 57.9 Å². The minimum absolute atomic E-state index is 0.0215. The molecule has 136 valence electrons. The van der Waals surface area contributed by atoms with E-state index >= 15 is 0 Å². The van der Waals surface area contributed by atoms with Crippen molar-refractivity contribution in [2.75, 3.05) is 19.6 Å². The van der Waals surface area contributed by atoms with Crippen LogP contribution in [-0.2, 0) is 11.8 Å². The maximum absolute atomic E-state index is 13.3. The molecule has 0 aromatic carbocycles. The van der Waals surface area contributed by atoms with Gasteiger partial charge in [-0.15, -0.1) is 0 Å². The molecule has 2 saturated heterocycles. The van der Waals surface area contributed by atoms with Gasteiger partial charge >= 0.3 is 0 Å². The number of piperidine rings is 1. The van der Waals surface area contributed by atoms with Gasteiger partial charge in [0.05, 0.1) is 16.7 Å². The quantitative estimate of drug-likeness (QED) is 0.826. The Morgan fingerprint density at radius 3 is 2.64 bits per heavy atom. The second-order valence-corrected chi connectivity index (χ2v) is 8.10. The molecule has 1 aromatic rings. The van der Waals surface area contributed by atoms with E-state index in [-0.39, 0.29) is 11.3 Å². The number of rotatable bonds is 2. The maximum Gasteiger partial charge on any atom is 0.257 e. The smallest absolute Gasteiger partial charge is 0.257 e. The fourth-order valence-electron chi connectivity index (χ4n) is 5.07. The van der Waals surface area contributed by atoms with Crippen LogP contribution < -0.4 is 0 Å². The number of aromatic nitrogens is 2. The molecule has 6 nitrogen and oxygen atoms in total. The lowest BCUT2D eigenvalue weighted by molar-refractivity contribution is -0.148. The monoisotopic (exact) mass is 344 g/mol. The van der Waals surface area contributed by atoms with E-state index in [9.17, 15) is 9.59 Å². The highest BCUT2D eigenvalue weighted by Crippen LogP contribution is 2.42. The fourth-order valence-corrected chi connectivity index (χ4v) is 5.07. The Morgan fingerprint density at radius 1 is 1.20 bits per heavy atom. The van der Waals surface area contributed by atoms with Gasteiger partial charge < -0.3 is 9.80 Å². The number of hydrogen-bond donors (Lipinski definition) is 0. The largest absolute Gasteiger partial charge is 0.339 e. The number of aryl methyl sites for hydroxylation is 2. The summed E-state index contributed by atoms with van der Waals surface area (Å²) in [7, 11) is 1.83. The Bertz CT molecular complexity index is 692. The van der Waals surface area contributed by atoms with Crippen molar-refractivity contribution < 1.29 is 9.59 Å². The molecule has 1 aliphatic carbocycles. The summed E-state index contributed by atoms with van der Waals surface area (Å²) < 4.78 is 1.68. The number of nitrogens with zero attached hydrogens (tertiary/aromatic N) is 4. The van der Waals surface area contributed by atoms with E-state index in [4.69, 9.17) is 0 Å². The zero-order chi connectivity index (χ0) is 17.6. The van der Waals surface area contributed by atoms with Crippen LogP contribution in [0.1, 0.15) is 61.0 Å². The van der Waals surface area contributed by atoms with Crippen LogP contribution in [0.15, 0.2) is 6.20 Å². The zero-order valence-corrected chi connectivity index (χ0v) is 15.3. The molecule has 0 radical (unpaired) electrons. The predicted octanol–water partition coefficient (Wildman–Crippen LogP) is 2.13. The number of carbonyl (C=O) groups excluding carboxylic acids is 2. The number of hydrogen-bond acceptors (Lipinski definition) is 3. The van der Waals surface area contributed by atoms with E-state index in [2.05, 4.69) is 10.00 Å². The van der Waals surface area contributed by atoms with E-state index in [0.29, 0.717) is 30.6 Å². The Labute approximate surface area is 149 Å². The molecule has 4 rings (SSSR count). The van der Waals surface area contributed by atoms with Crippen LogP contribution in [0.4, 0.5) is 0 Å². The average molecular weight is 344 g/mol. The fraction of sp³-hybridized carbons (Fsp3) is 0.737. The lowest BCUT2D eigenvalue weighted by atomic mass is 9.77. The third-order valence-corrected chi connectivity index (χ3v) is 6.42. The molecule has 2 aliphatic heterocycles. The lowest BCUT2D eigenvalue weighted by Crippen LogP contribution is -2.53. The third-order valence-electron chi connectivity index (χ3n) is 6.42. The van der Waals surface area contributed by atoms with Crippen LogP contribution in [0.2, 0.25) is 0 Å². The summed E-state index contributed by atoms with van der Waals surface area (Å²) in [5.41, 5.74) is 1.08. The Kier molecular flexibility index (Phi) is 4.08. The molecule has 1 spiro atoms. The molecule has 0 bridgehead atoms. The predicted molar refractivity (Wildman–Crippen MR) is 94.1 cm³/mol. The van der Waals surface area contributed by atoms with Gasteiger partial charge in [-0.05, 0) is 39.0 Å². The zero-order valence-electron chi connectivity index (χ0n) is 15.3. The normalized spacial score (nSPS) is 27.7. The molecule has 0 N–H and O–H groups in total. The first-order valence-corrected chi connectivity index (χ1v) is 9.61. The van der Waals surface area contributed by atoms with Crippen molar-refractivity contribution >= 4 is 11.8 Å². The molecule has 3 fully saturated rings. The van der Waals surface area contributed by atoms with Gasteiger partial charge in [-0.1, -0.05) is 12.8 Å². The summed E-state index contributed by atoms with van der Waals surface area (Å²) in [6.07, 6.45) is 9.37. The second-order valence-electron chi connectivity index (χ2n) is 8.10. The van der Waals surface area contributed by atoms with Gasteiger partial charge in [0, 0.05) is 38.9 Å². The molecule has 3 heterocycles. The first kappa shape index (κ1) is 16.6. The van der Waals surface area contributed by atoms with Crippen LogP contribution in [-0.4, -0.2) is 57.1 Å². The number of likely N-dealkylation sites (tertiary alicyclic amines) is 2. The van der Waals surface area contributed by atoms with Crippen LogP contribution in [0.3, 0.4) is 0 Å². The van der Waals surface area contributed by atoms with Gasteiger partial charge in [-0.25, -0.2) is 0 Å². The molecule has 1 saturated carbocycles. The molecule has 1 unspecified atom stereocenters. The van der Waals surface area contributed by atoms with E-state index in [1.165, 1.54) is 12.8 Å². The Hall–Kier alpha value is -1.85. The van der Waals surface area contributed by atoms with E-state index in [1.54, 1.807) is 10.9 Å². The summed E-state index contributed by atoms with van der Waals surface area (Å²) in [6.45, 7) is 4.02. The van der Waals surface area contributed by atoms with Crippen LogP contribution in [0, 0.1) is 12.3 Å². The van der Waals surface area contributed by atoms with Crippen molar-refractivity contribution in [3.05, 3.63) is 17.5 Å². The molecule has 25 heavy (non-hydrogen) atoms. The molecule has 3 aliphatic rings. The van der Waals surface area contributed by atoms with Crippen LogP contribution in [0.5, 0.6) is 0 Å². The molecule has 1 aromatic heterocycles. The average Bonchev–Trinajstić information content (AvgIpc) is 3.31. The SMILES string of the molecule is Cc1nn(C)cc1C(=O)N1CCC2(CCCN(C3CCCC3)C2=O)C1. The highest BCUT2D eigenvalue weighted by atomic mass is 16.2. The van der Waals surface area contributed by atoms with Gasteiger partial charge in [0.15, 0.2) is 0 Å². The van der Waals surface area contributed by atoms with Crippen molar-refractivity contribution in [3.63, 3.8) is 0 Å². The third kappa shape index (κ3) is 2.75. The molecular weight excluding hydrogens is 316 g/mol. The molecule has 2 amide bonds. The highest BCUT2D eigenvalue weighted by molar-refractivity contribution is 5.96. The van der Waals surface area contributed by atoms with Crippen molar-refractivity contribution in [1.82, 2.24) is 19.6 Å². The Morgan fingerprint density at radius 2 is 1.96 bits per heavy atom. The lowest BCUT2D eigenvalue weighted by Gasteiger charge is -2.42. The summed E-state index contributed by atoms with van der Waals surface area (Å²) in [5.74, 6) is 0.331. The number of amides is 2. The Balaban J connectivity index is 1.51. The van der Waals surface area contributed by atoms with Crippen molar-refractivity contribution in [2.24, 2.45) is 12.5 Å². The summed E-state index contributed by atoms with van der Waals surface area (Å²) in [4.78, 5) is 30.2. The van der Waals surface area contributed by atoms with Gasteiger partial charge in [0.25, 0.3) is 5.91 Å². The topological polar surface area (TPSA) is 58.4 Å². The van der Waals surface area contributed by atoms with Crippen LogP contribution >= 0.6 is 0 Å². The minimum atomic E-state index is -0.341. The maximum atomic E-state index is 13.3. The van der Waals surface area contributed by atoms with E-state index < -0.39 is 0 Å². The van der Waals surface area contributed by atoms with E-state index in [1.807, 2.05) is 18.9 Å². The van der Waals surface area contributed by atoms with Crippen molar-refractivity contribution in [1.29, 1.82) is 0 Å². The van der Waals surface area contributed by atoms with Crippen LogP contribution in [0.25, 0.3) is 0 Å². The standard InChI is InChI=1S/C19H28N4O2/c1-14-16(12-21(2)20-14)17(24)22-11-9-19(13-22)8-5-10-23(18(19)25)15-6-3-4-7-15/h12,15H,3-11,13H2,1-2H3. The summed E-state index contributed by atoms with van der Waals surface area (Å²) in [6, 6.07) is 0.440. The summed E-state index contributed by atoms with van der Waals surface area (Å²) >= 11 is 0. The van der Waals surface area contributed by atoms with Gasteiger partial charge in [0.1, 0.15) is 0 Å². The highest BCUT2D eigenvalue weighted by Gasteiger charge is 2.50. The molecule has 6 heteroatoms. The van der Waals surface area contributed by atoms with Gasteiger partial charge in [-0.3, -0.25) is 14.3 Å². The van der Waals surface area contributed by atoms with Crippen molar-refractivity contribution in [3.8, 4) is 0 Å².